The number of nitrogens with zero attached hydrogens (tertiary/aromatic N) is 1. The first-order valence-electron chi connectivity index (χ1n) is 27.3. The van der Waals surface area contributed by atoms with Crippen LogP contribution >= 0.6 is 0 Å². The van der Waals surface area contributed by atoms with Crippen molar-refractivity contribution in [2.75, 3.05) is 47.5 Å². The minimum Gasteiger partial charge on any atom is -0.545 e. The number of hydrogen-bond acceptors (Lipinski definition) is 8. The fourth-order valence-electron chi connectivity index (χ4n) is 7.65. The molecule has 2 unspecified atom stereocenters. The van der Waals surface area contributed by atoms with Gasteiger partial charge in [0.15, 0.2) is 12.4 Å². The average Bonchev–Trinajstić information content (AvgIpc) is 3.28. The van der Waals surface area contributed by atoms with Gasteiger partial charge < -0.3 is 33.3 Å². The number of rotatable bonds is 50. The summed E-state index contributed by atoms with van der Waals surface area (Å²) in [6.45, 7) is 4.65. The number of unbranched alkanes of at least 4 members (excludes halogenated alkanes) is 27. The number of quaternary nitrogens is 1. The van der Waals surface area contributed by atoms with Gasteiger partial charge in [-0.05, 0) is 51.4 Å². The molecule has 0 aliphatic carbocycles. The summed E-state index contributed by atoms with van der Waals surface area (Å²) in [5.41, 5.74) is 0. The maximum absolute atomic E-state index is 12.8. The first-order valence-corrected chi connectivity index (χ1v) is 27.3. The lowest BCUT2D eigenvalue weighted by Crippen LogP contribution is -2.44. The van der Waals surface area contributed by atoms with E-state index >= 15 is 0 Å². The summed E-state index contributed by atoms with van der Waals surface area (Å²) in [5.74, 6) is -2.28. The second-order valence-corrected chi connectivity index (χ2v) is 19.5. The summed E-state index contributed by atoms with van der Waals surface area (Å²) in [6.07, 6.45) is 55.7. The third-order valence-electron chi connectivity index (χ3n) is 11.8. The Labute approximate surface area is 406 Å². The Hall–Kier alpha value is -2.75. The van der Waals surface area contributed by atoms with Crippen LogP contribution in [0.3, 0.4) is 0 Å². The van der Waals surface area contributed by atoms with Crippen molar-refractivity contribution in [2.24, 2.45) is 0 Å². The second-order valence-electron chi connectivity index (χ2n) is 19.5. The molecule has 0 aliphatic rings. The smallest absolute Gasteiger partial charge is 0.306 e. The van der Waals surface area contributed by atoms with Crippen LogP contribution in [0.1, 0.15) is 239 Å². The van der Waals surface area contributed by atoms with E-state index in [9.17, 15) is 19.5 Å². The van der Waals surface area contributed by atoms with Gasteiger partial charge in [0.1, 0.15) is 13.2 Å². The lowest BCUT2D eigenvalue weighted by molar-refractivity contribution is -0.870. The highest BCUT2D eigenvalue weighted by atomic mass is 16.7. The highest BCUT2D eigenvalue weighted by Crippen LogP contribution is 2.16. The average molecular weight is 930 g/mol. The molecule has 2 atom stereocenters. The van der Waals surface area contributed by atoms with Gasteiger partial charge in [-0.15, -0.1) is 0 Å². The zero-order valence-corrected chi connectivity index (χ0v) is 43.6. The number of ether oxygens (including phenoxy) is 4. The van der Waals surface area contributed by atoms with E-state index in [0.717, 1.165) is 70.6 Å². The molecule has 0 aromatic carbocycles. The third kappa shape index (κ3) is 49.2. The highest BCUT2D eigenvalue weighted by molar-refractivity contribution is 5.70. The van der Waals surface area contributed by atoms with Crippen LogP contribution in [0.5, 0.6) is 0 Å². The first kappa shape index (κ1) is 63.2. The number of carbonyl (C=O) groups excluding carboxylic acids is 3. The molecule has 0 spiro atoms. The Morgan fingerprint density at radius 2 is 0.864 bits per heavy atom. The summed E-state index contributed by atoms with van der Waals surface area (Å²) >= 11 is 0. The molecule has 0 saturated carbocycles. The molecule has 0 N–H and O–H groups in total. The van der Waals surface area contributed by atoms with Crippen LogP contribution in [-0.2, 0) is 33.3 Å². The van der Waals surface area contributed by atoms with E-state index in [-0.39, 0.29) is 32.2 Å². The highest BCUT2D eigenvalue weighted by Gasteiger charge is 2.22. The lowest BCUT2D eigenvalue weighted by atomic mass is 10.0. The summed E-state index contributed by atoms with van der Waals surface area (Å²) in [5, 5.41) is 11.8. The van der Waals surface area contributed by atoms with Crippen LogP contribution in [0.2, 0.25) is 0 Å². The van der Waals surface area contributed by atoms with Crippen LogP contribution in [0.15, 0.2) is 48.6 Å². The SMILES string of the molecule is CC/C=C\C/C=C\C/C=C\C/C=C\CCCCCCCCCCC(=O)OC(COC(=O)CCCCCCCCCCCCCCCCCCCCCC)COC(OCC[N+](C)(C)C)C(=O)[O-]. The van der Waals surface area contributed by atoms with Crippen molar-refractivity contribution < 1.29 is 42.9 Å². The molecule has 0 heterocycles. The number of hydrogen-bond donors (Lipinski definition) is 0. The zero-order valence-electron chi connectivity index (χ0n) is 43.6. The molecule has 384 valence electrons. The van der Waals surface area contributed by atoms with Crippen molar-refractivity contribution in [2.45, 2.75) is 251 Å². The molecule has 9 nitrogen and oxygen atoms in total. The van der Waals surface area contributed by atoms with E-state index in [1.807, 2.05) is 21.1 Å². The summed E-state index contributed by atoms with van der Waals surface area (Å²) in [7, 11) is 5.92. The Morgan fingerprint density at radius 1 is 0.470 bits per heavy atom. The van der Waals surface area contributed by atoms with E-state index in [1.54, 1.807) is 0 Å². The maximum atomic E-state index is 12.8. The second kappa shape index (κ2) is 48.7. The van der Waals surface area contributed by atoms with Crippen LogP contribution < -0.4 is 5.11 Å². The molecular formula is C57H103NO8. The van der Waals surface area contributed by atoms with Gasteiger partial charge in [0.05, 0.1) is 40.3 Å². The van der Waals surface area contributed by atoms with Gasteiger partial charge in [-0.3, -0.25) is 9.59 Å². The number of aliphatic carboxylic acids is 1. The normalized spacial score (nSPS) is 13.2. The molecule has 0 amide bonds. The quantitative estimate of drug-likeness (QED) is 0.0195. The Kier molecular flexibility index (Phi) is 46.7. The van der Waals surface area contributed by atoms with Crippen molar-refractivity contribution in [3.8, 4) is 0 Å². The van der Waals surface area contributed by atoms with Gasteiger partial charge >= 0.3 is 11.9 Å². The van der Waals surface area contributed by atoms with Crippen LogP contribution in [0.25, 0.3) is 0 Å². The molecule has 0 fully saturated rings. The minimum absolute atomic E-state index is 0.146. The van der Waals surface area contributed by atoms with Gasteiger partial charge in [-0.1, -0.05) is 223 Å². The van der Waals surface area contributed by atoms with E-state index in [4.69, 9.17) is 18.9 Å². The monoisotopic (exact) mass is 930 g/mol. The van der Waals surface area contributed by atoms with Gasteiger partial charge in [0.2, 0.25) is 0 Å². The van der Waals surface area contributed by atoms with Crippen molar-refractivity contribution in [1.82, 2.24) is 0 Å². The fraction of sp³-hybridized carbons (Fsp3) is 0.807. The Morgan fingerprint density at radius 3 is 1.29 bits per heavy atom. The molecule has 0 aromatic rings. The van der Waals surface area contributed by atoms with Crippen LogP contribution in [-0.4, -0.2) is 82.3 Å². The number of carboxylic acid groups (broad SMARTS) is 1. The standard InChI is InChI=1S/C57H103NO8/c1-6-8-10-12-14-16-18-20-22-24-26-28-30-32-34-36-38-40-42-44-46-48-55(60)66-53(52-65-57(56(61)62)63-50-49-58(3,4)5)51-64-54(59)47-45-43-41-39-37-35-33-31-29-27-25-23-21-19-17-15-13-11-9-7-2/h8,10,14,16,20,22,26,28,53,57H,6-7,9,11-13,15,17-19,21,23-25,27,29-52H2,1-5H3/b10-8-,16-14-,22-20-,28-26-. The van der Waals surface area contributed by atoms with E-state index in [1.165, 1.54) is 135 Å². The number of allylic oxidation sites excluding steroid dienone is 8. The van der Waals surface area contributed by atoms with Gasteiger partial charge in [-0.25, -0.2) is 0 Å². The Balaban J connectivity index is 4.30. The summed E-state index contributed by atoms with van der Waals surface area (Å²) < 4.78 is 22.7. The lowest BCUT2D eigenvalue weighted by Gasteiger charge is -2.26. The molecule has 0 aromatic heterocycles. The summed E-state index contributed by atoms with van der Waals surface area (Å²) in [6, 6.07) is 0. The molecule has 0 bridgehead atoms. The number of carboxylic acids is 1. The van der Waals surface area contributed by atoms with Crippen molar-refractivity contribution in [3.05, 3.63) is 48.6 Å². The predicted molar refractivity (Wildman–Crippen MR) is 274 cm³/mol. The number of esters is 2. The molecule has 0 radical (unpaired) electrons. The molecular weight excluding hydrogens is 827 g/mol. The topological polar surface area (TPSA) is 111 Å². The number of carbonyl (C=O) groups is 3. The molecule has 0 aliphatic heterocycles. The maximum Gasteiger partial charge on any atom is 0.306 e. The number of likely N-dealkylation sites (N-methyl/N-ethyl adjacent to an activating group) is 1. The fourth-order valence-corrected chi connectivity index (χ4v) is 7.65. The minimum atomic E-state index is -1.62. The Bertz CT molecular complexity index is 1220. The molecule has 9 heteroatoms. The van der Waals surface area contributed by atoms with Gasteiger partial charge in [-0.2, -0.15) is 0 Å². The molecule has 0 rings (SSSR count). The van der Waals surface area contributed by atoms with E-state index in [0.29, 0.717) is 23.9 Å². The summed E-state index contributed by atoms with van der Waals surface area (Å²) in [4.78, 5) is 37.2. The van der Waals surface area contributed by atoms with Crippen molar-refractivity contribution in [1.29, 1.82) is 0 Å². The van der Waals surface area contributed by atoms with E-state index < -0.39 is 24.3 Å². The molecule has 66 heavy (non-hydrogen) atoms. The van der Waals surface area contributed by atoms with Crippen molar-refractivity contribution in [3.63, 3.8) is 0 Å². The predicted octanol–water partition coefficient (Wildman–Crippen LogP) is 14.2. The van der Waals surface area contributed by atoms with Crippen LogP contribution in [0, 0.1) is 0 Å². The third-order valence-corrected chi connectivity index (χ3v) is 11.8. The van der Waals surface area contributed by atoms with Gasteiger partial charge in [0.25, 0.3) is 0 Å². The van der Waals surface area contributed by atoms with Crippen molar-refractivity contribution >= 4 is 17.9 Å². The molecule has 0 saturated heterocycles. The van der Waals surface area contributed by atoms with Gasteiger partial charge in [0, 0.05) is 12.8 Å². The zero-order chi connectivity index (χ0) is 48.4. The largest absolute Gasteiger partial charge is 0.545 e. The van der Waals surface area contributed by atoms with Crippen LogP contribution in [0.4, 0.5) is 0 Å². The van der Waals surface area contributed by atoms with E-state index in [2.05, 4.69) is 62.5 Å². The first-order chi connectivity index (χ1) is 32.1.